The van der Waals surface area contributed by atoms with Gasteiger partial charge >= 0.3 is 23.9 Å². The van der Waals surface area contributed by atoms with Gasteiger partial charge in [-0.3, -0.25) is 19.2 Å². The van der Waals surface area contributed by atoms with E-state index in [2.05, 4.69) is 0 Å². The van der Waals surface area contributed by atoms with Gasteiger partial charge in [-0.15, -0.1) is 0 Å². The van der Waals surface area contributed by atoms with Crippen LogP contribution in [0.4, 0.5) is 0 Å². The predicted octanol–water partition coefficient (Wildman–Crippen LogP) is 1.55. The molecule has 12 heteroatoms. The highest BCUT2D eigenvalue weighted by atomic mass is 16.8. The topological polar surface area (TPSA) is 142 Å². The standard InChI is InChI=1S/C24H36O12/c1-23(2)33-15-11-29-19(25)7-5-9-21(27)31-13-17-18(36-24(3,4)35-17)14-32-22(28)10-6-8-20(26)30-12-16(15)34-23/h15-18H,5-14H2,1-4H3/t15-,16-,17-,18-/m0/s1. The van der Waals surface area contributed by atoms with E-state index in [-0.39, 0.29) is 65.0 Å². The van der Waals surface area contributed by atoms with Gasteiger partial charge in [0.1, 0.15) is 50.8 Å². The molecule has 4 atom stereocenters. The van der Waals surface area contributed by atoms with Crippen molar-refractivity contribution < 1.29 is 57.1 Å². The SMILES string of the molecule is CC1(C)O[C@H]2COC(=O)CCCC(=O)OC[C@@H]3OC(C)(C)O[C@H]3COC(=O)CCCC(=O)OC[C@@H]2O1. The van der Waals surface area contributed by atoms with E-state index >= 15 is 0 Å². The maximum Gasteiger partial charge on any atom is 0.305 e. The number of hydrogen-bond acceptors (Lipinski definition) is 12. The van der Waals surface area contributed by atoms with Gasteiger partial charge in [0.05, 0.1) is 0 Å². The van der Waals surface area contributed by atoms with E-state index in [1.54, 1.807) is 27.7 Å². The van der Waals surface area contributed by atoms with Crippen LogP contribution in [0.15, 0.2) is 0 Å². The van der Waals surface area contributed by atoms with E-state index in [9.17, 15) is 19.2 Å². The second-order valence-corrected chi connectivity index (χ2v) is 9.86. The van der Waals surface area contributed by atoms with Gasteiger partial charge in [0, 0.05) is 25.7 Å². The average Bonchev–Trinajstić information content (AvgIpc) is 3.26. The highest BCUT2D eigenvalue weighted by Crippen LogP contribution is 2.30. The van der Waals surface area contributed by atoms with E-state index < -0.39 is 59.9 Å². The Labute approximate surface area is 210 Å². The van der Waals surface area contributed by atoms with Crippen LogP contribution in [0, 0.1) is 0 Å². The lowest BCUT2D eigenvalue weighted by Crippen LogP contribution is -2.34. The van der Waals surface area contributed by atoms with Crippen LogP contribution in [-0.4, -0.2) is 86.3 Å². The van der Waals surface area contributed by atoms with Crippen LogP contribution in [0.5, 0.6) is 0 Å². The lowest BCUT2D eigenvalue weighted by molar-refractivity contribution is -0.164. The Bertz CT molecular complexity index is 681. The summed E-state index contributed by atoms with van der Waals surface area (Å²) >= 11 is 0. The number of carbonyl (C=O) groups excluding carboxylic acids is 4. The summed E-state index contributed by atoms with van der Waals surface area (Å²) in [5.41, 5.74) is 0. The third kappa shape index (κ3) is 8.99. The molecule has 3 saturated heterocycles. The Balaban J connectivity index is 1.59. The molecule has 3 fully saturated rings. The number of hydrogen-bond donors (Lipinski definition) is 0. The Morgan fingerprint density at radius 3 is 0.917 bits per heavy atom. The van der Waals surface area contributed by atoms with Crippen LogP contribution in [-0.2, 0) is 57.1 Å². The first-order valence-corrected chi connectivity index (χ1v) is 12.3. The van der Waals surface area contributed by atoms with Crippen LogP contribution < -0.4 is 0 Å². The zero-order valence-electron chi connectivity index (χ0n) is 21.3. The number of rotatable bonds is 0. The van der Waals surface area contributed by atoms with Crippen molar-refractivity contribution in [3.63, 3.8) is 0 Å². The predicted molar refractivity (Wildman–Crippen MR) is 119 cm³/mol. The molecule has 3 heterocycles. The Morgan fingerprint density at radius 2 is 0.694 bits per heavy atom. The second kappa shape index (κ2) is 12.3. The van der Waals surface area contributed by atoms with Gasteiger partial charge in [0.2, 0.25) is 0 Å². The molecule has 3 aliphatic rings. The monoisotopic (exact) mass is 516 g/mol. The first-order chi connectivity index (χ1) is 16.9. The summed E-state index contributed by atoms with van der Waals surface area (Å²) in [6, 6.07) is 0. The fraction of sp³-hybridized carbons (Fsp3) is 0.833. The van der Waals surface area contributed by atoms with Gasteiger partial charge in [-0.1, -0.05) is 0 Å². The Hall–Kier alpha value is -2.28. The Kier molecular flexibility index (Phi) is 9.67. The van der Waals surface area contributed by atoms with Crippen LogP contribution in [0.25, 0.3) is 0 Å². The summed E-state index contributed by atoms with van der Waals surface area (Å²) in [6.45, 7) is 6.48. The number of carbonyl (C=O) groups is 4. The normalized spacial score (nSPS) is 33.0. The molecular formula is C24H36O12. The van der Waals surface area contributed by atoms with Gasteiger partial charge in [0.15, 0.2) is 11.6 Å². The molecule has 0 aromatic carbocycles. The number of ether oxygens (including phenoxy) is 8. The molecule has 3 rings (SSSR count). The number of fused-ring (bicyclic) bond motifs is 2. The summed E-state index contributed by atoms with van der Waals surface area (Å²) in [6.07, 6.45) is -1.97. The zero-order valence-corrected chi connectivity index (χ0v) is 21.3. The van der Waals surface area contributed by atoms with Crippen LogP contribution in [0.3, 0.4) is 0 Å². The second-order valence-electron chi connectivity index (χ2n) is 9.86. The van der Waals surface area contributed by atoms with Crippen LogP contribution >= 0.6 is 0 Å². The minimum absolute atomic E-state index is 0.0143. The van der Waals surface area contributed by atoms with Crippen molar-refractivity contribution >= 4 is 23.9 Å². The molecule has 3 aliphatic heterocycles. The largest absolute Gasteiger partial charge is 0.463 e. The lowest BCUT2D eigenvalue weighted by atomic mass is 10.2. The third-order valence-corrected chi connectivity index (χ3v) is 5.73. The number of cyclic esters (lactones) is 4. The van der Waals surface area contributed by atoms with Crippen molar-refractivity contribution in [3.8, 4) is 0 Å². The molecule has 0 aromatic heterocycles. The summed E-state index contributed by atoms with van der Waals surface area (Å²) in [5, 5.41) is 0. The summed E-state index contributed by atoms with van der Waals surface area (Å²) in [5.74, 6) is -3.85. The average molecular weight is 517 g/mol. The first kappa shape index (κ1) is 28.3. The van der Waals surface area contributed by atoms with Crippen molar-refractivity contribution in [1.82, 2.24) is 0 Å². The number of esters is 4. The molecule has 0 aromatic rings. The van der Waals surface area contributed by atoms with E-state index in [0.717, 1.165) is 0 Å². The smallest absolute Gasteiger partial charge is 0.305 e. The first-order valence-electron chi connectivity index (χ1n) is 12.3. The highest BCUT2D eigenvalue weighted by Gasteiger charge is 2.43. The van der Waals surface area contributed by atoms with Gasteiger partial charge in [-0.05, 0) is 40.5 Å². The molecule has 0 amide bonds. The van der Waals surface area contributed by atoms with Gasteiger partial charge in [0.25, 0.3) is 0 Å². The van der Waals surface area contributed by atoms with Crippen LogP contribution in [0.1, 0.15) is 66.2 Å². The quantitative estimate of drug-likeness (QED) is 0.340. The van der Waals surface area contributed by atoms with E-state index in [1.165, 1.54) is 0 Å². The third-order valence-electron chi connectivity index (χ3n) is 5.73. The molecule has 0 radical (unpaired) electrons. The summed E-state index contributed by atoms with van der Waals surface area (Å²) in [7, 11) is 0. The maximum absolute atomic E-state index is 12.2. The molecule has 12 nitrogen and oxygen atoms in total. The fourth-order valence-corrected chi connectivity index (χ4v) is 4.13. The Morgan fingerprint density at radius 1 is 0.472 bits per heavy atom. The molecule has 0 unspecified atom stereocenters. The van der Waals surface area contributed by atoms with Gasteiger partial charge < -0.3 is 37.9 Å². The molecule has 36 heavy (non-hydrogen) atoms. The molecule has 0 spiro atoms. The van der Waals surface area contributed by atoms with Crippen molar-refractivity contribution in [2.45, 2.75) is 102 Å². The van der Waals surface area contributed by atoms with Crippen molar-refractivity contribution in [2.24, 2.45) is 0 Å². The molecule has 0 saturated carbocycles. The minimum Gasteiger partial charge on any atom is -0.463 e. The van der Waals surface area contributed by atoms with E-state index in [4.69, 9.17) is 37.9 Å². The molecule has 0 aliphatic carbocycles. The van der Waals surface area contributed by atoms with Gasteiger partial charge in [-0.2, -0.15) is 0 Å². The molecular weight excluding hydrogens is 480 g/mol. The maximum atomic E-state index is 12.2. The highest BCUT2D eigenvalue weighted by molar-refractivity contribution is 5.73. The summed E-state index contributed by atoms with van der Waals surface area (Å²) < 4.78 is 44.2. The van der Waals surface area contributed by atoms with Gasteiger partial charge in [-0.25, -0.2) is 0 Å². The summed E-state index contributed by atoms with van der Waals surface area (Å²) in [4.78, 5) is 48.6. The molecule has 204 valence electrons. The van der Waals surface area contributed by atoms with Crippen molar-refractivity contribution in [1.29, 1.82) is 0 Å². The fourth-order valence-electron chi connectivity index (χ4n) is 4.13. The molecule has 0 bridgehead atoms. The van der Waals surface area contributed by atoms with E-state index in [1.807, 2.05) is 0 Å². The lowest BCUT2D eigenvalue weighted by Gasteiger charge is -2.18. The van der Waals surface area contributed by atoms with E-state index in [0.29, 0.717) is 0 Å². The minimum atomic E-state index is -0.936. The van der Waals surface area contributed by atoms with Crippen molar-refractivity contribution in [2.75, 3.05) is 26.4 Å². The molecule has 0 N–H and O–H groups in total. The van der Waals surface area contributed by atoms with Crippen molar-refractivity contribution in [3.05, 3.63) is 0 Å². The van der Waals surface area contributed by atoms with Crippen LogP contribution in [0.2, 0.25) is 0 Å². The zero-order chi connectivity index (χ0) is 26.3.